The van der Waals surface area contributed by atoms with Gasteiger partial charge in [0.1, 0.15) is 11.6 Å². The maximum Gasteiger partial charge on any atom is 0.217 e. The third-order valence-electron chi connectivity index (χ3n) is 3.55. The van der Waals surface area contributed by atoms with Gasteiger partial charge in [0.15, 0.2) is 0 Å². The number of nitrogens with zero attached hydrogens (tertiary/aromatic N) is 2. The van der Waals surface area contributed by atoms with Crippen molar-refractivity contribution in [1.82, 2.24) is 4.98 Å². The van der Waals surface area contributed by atoms with Crippen LogP contribution in [0.1, 0.15) is 19.3 Å². The number of carbonyl (C=O) groups excluding carboxylic acids is 1. The molecule has 0 bridgehead atoms. The van der Waals surface area contributed by atoms with Crippen molar-refractivity contribution in [3.05, 3.63) is 16.1 Å². The highest BCUT2D eigenvalue weighted by atomic mass is 35.5. The van der Waals surface area contributed by atoms with Crippen LogP contribution in [-0.2, 0) is 4.79 Å². The van der Waals surface area contributed by atoms with E-state index >= 15 is 0 Å². The summed E-state index contributed by atoms with van der Waals surface area (Å²) in [5.74, 6) is 1.48. The zero-order valence-electron chi connectivity index (χ0n) is 11.3. The summed E-state index contributed by atoms with van der Waals surface area (Å²) in [6, 6.07) is 1.70. The number of hydrogen-bond acceptors (Lipinski definition) is 4. The Morgan fingerprint density at radius 3 is 2.65 bits per heavy atom. The zero-order chi connectivity index (χ0) is 14.7. The van der Waals surface area contributed by atoms with Gasteiger partial charge < -0.3 is 16.0 Å². The van der Waals surface area contributed by atoms with Gasteiger partial charge in [-0.2, -0.15) is 0 Å². The molecule has 2 rings (SSSR count). The summed E-state index contributed by atoms with van der Waals surface area (Å²) in [6.45, 7) is 1.63. The molecular formula is C13H18Cl2N4O. The van der Waals surface area contributed by atoms with E-state index in [1.807, 2.05) is 0 Å². The van der Waals surface area contributed by atoms with Crippen LogP contribution in [-0.4, -0.2) is 31.0 Å². The summed E-state index contributed by atoms with van der Waals surface area (Å²) in [5, 5.41) is 4.00. The SMILES string of the molecule is CNc1nc(N2CCC(CC(N)=O)CC2)c(Cl)cc1Cl. The van der Waals surface area contributed by atoms with Gasteiger partial charge in [-0.15, -0.1) is 0 Å². The Hall–Kier alpha value is -1.20. The average Bonchev–Trinajstić information content (AvgIpc) is 2.39. The van der Waals surface area contributed by atoms with Crippen molar-refractivity contribution in [2.24, 2.45) is 11.7 Å². The number of halogens is 2. The summed E-state index contributed by atoms with van der Waals surface area (Å²) < 4.78 is 0. The van der Waals surface area contributed by atoms with Gasteiger partial charge in [-0.05, 0) is 24.8 Å². The van der Waals surface area contributed by atoms with Crippen molar-refractivity contribution in [3.8, 4) is 0 Å². The Balaban J connectivity index is 2.08. The lowest BCUT2D eigenvalue weighted by Crippen LogP contribution is -2.35. The summed E-state index contributed by atoms with van der Waals surface area (Å²) in [6.07, 6.45) is 2.29. The molecule has 0 spiro atoms. The molecule has 1 amide bonds. The lowest BCUT2D eigenvalue weighted by atomic mass is 9.93. The summed E-state index contributed by atoms with van der Waals surface area (Å²) >= 11 is 12.3. The van der Waals surface area contributed by atoms with Gasteiger partial charge in [0.05, 0.1) is 10.0 Å². The second-order valence-corrected chi connectivity index (χ2v) is 5.79. The predicted molar refractivity (Wildman–Crippen MR) is 82.6 cm³/mol. The highest BCUT2D eigenvalue weighted by Crippen LogP contribution is 2.33. The number of primary amides is 1. The molecule has 0 radical (unpaired) electrons. The lowest BCUT2D eigenvalue weighted by Gasteiger charge is -2.33. The van der Waals surface area contributed by atoms with Crippen molar-refractivity contribution >= 4 is 40.7 Å². The first-order chi connectivity index (χ1) is 9.51. The molecule has 1 aromatic rings. The molecule has 1 aliphatic rings. The molecule has 0 atom stereocenters. The molecule has 7 heteroatoms. The minimum absolute atomic E-state index is 0.233. The van der Waals surface area contributed by atoms with Crippen LogP contribution in [0, 0.1) is 5.92 Å². The molecule has 1 fully saturated rings. The fourth-order valence-corrected chi connectivity index (χ4v) is 3.06. The number of pyridine rings is 1. The van der Waals surface area contributed by atoms with Crippen LogP contribution < -0.4 is 16.0 Å². The summed E-state index contributed by atoms with van der Waals surface area (Å²) in [5.41, 5.74) is 5.24. The molecule has 0 saturated carbocycles. The van der Waals surface area contributed by atoms with E-state index in [0.29, 0.717) is 28.2 Å². The normalized spacial score (nSPS) is 16.2. The fourth-order valence-electron chi connectivity index (χ4n) is 2.49. The number of amides is 1. The van der Waals surface area contributed by atoms with Gasteiger partial charge in [-0.25, -0.2) is 4.98 Å². The number of nitrogens with one attached hydrogen (secondary N) is 1. The zero-order valence-corrected chi connectivity index (χ0v) is 12.8. The third-order valence-corrected chi connectivity index (χ3v) is 4.12. The molecule has 3 N–H and O–H groups in total. The minimum Gasteiger partial charge on any atom is -0.372 e. The molecule has 20 heavy (non-hydrogen) atoms. The second-order valence-electron chi connectivity index (χ2n) is 4.98. The maximum atomic E-state index is 10.9. The van der Waals surface area contributed by atoms with Crippen LogP contribution in [0.5, 0.6) is 0 Å². The number of carbonyl (C=O) groups is 1. The molecular weight excluding hydrogens is 299 g/mol. The highest BCUT2D eigenvalue weighted by molar-refractivity contribution is 6.37. The topological polar surface area (TPSA) is 71.2 Å². The molecule has 1 aromatic heterocycles. The first-order valence-corrected chi connectivity index (χ1v) is 7.34. The van der Waals surface area contributed by atoms with E-state index in [2.05, 4.69) is 15.2 Å². The molecule has 0 aliphatic carbocycles. The van der Waals surface area contributed by atoms with Crippen LogP contribution in [0.25, 0.3) is 0 Å². The summed E-state index contributed by atoms with van der Waals surface area (Å²) in [7, 11) is 1.77. The number of rotatable bonds is 4. The van der Waals surface area contributed by atoms with E-state index in [4.69, 9.17) is 28.9 Å². The van der Waals surface area contributed by atoms with Gasteiger partial charge in [0.25, 0.3) is 0 Å². The Morgan fingerprint density at radius 2 is 2.10 bits per heavy atom. The molecule has 2 heterocycles. The number of anilines is 2. The fraction of sp³-hybridized carbons (Fsp3) is 0.538. The van der Waals surface area contributed by atoms with Gasteiger partial charge in [-0.1, -0.05) is 23.2 Å². The Labute approximate surface area is 128 Å². The first-order valence-electron chi connectivity index (χ1n) is 6.58. The minimum atomic E-state index is -0.233. The van der Waals surface area contributed by atoms with E-state index in [9.17, 15) is 4.79 Å². The van der Waals surface area contributed by atoms with Crippen LogP contribution in [0.4, 0.5) is 11.6 Å². The molecule has 0 aromatic carbocycles. The van der Waals surface area contributed by atoms with Gasteiger partial charge in [0.2, 0.25) is 5.91 Å². The molecule has 1 aliphatic heterocycles. The predicted octanol–water partition coefficient (Wildman–Crippen LogP) is 2.52. The van der Waals surface area contributed by atoms with E-state index in [-0.39, 0.29) is 5.91 Å². The van der Waals surface area contributed by atoms with Gasteiger partial charge >= 0.3 is 0 Å². The van der Waals surface area contributed by atoms with E-state index in [1.54, 1.807) is 13.1 Å². The van der Waals surface area contributed by atoms with Crippen LogP contribution >= 0.6 is 23.2 Å². The van der Waals surface area contributed by atoms with Gasteiger partial charge in [-0.3, -0.25) is 4.79 Å². The third kappa shape index (κ3) is 3.46. The Bertz CT molecular complexity index is 501. The quantitative estimate of drug-likeness (QED) is 0.895. The van der Waals surface area contributed by atoms with Crippen LogP contribution in [0.2, 0.25) is 10.0 Å². The standard InChI is InChI=1S/C13H18Cl2N4O/c1-17-12-9(14)7-10(15)13(18-12)19-4-2-8(3-5-19)6-11(16)20/h7-8H,2-6H2,1H3,(H2,16,20)(H,17,18). The van der Waals surface area contributed by atoms with E-state index in [1.165, 1.54) is 0 Å². The molecule has 5 nitrogen and oxygen atoms in total. The smallest absolute Gasteiger partial charge is 0.217 e. The first kappa shape index (κ1) is 15.2. The van der Waals surface area contributed by atoms with Crippen LogP contribution in [0.3, 0.4) is 0 Å². The monoisotopic (exact) mass is 316 g/mol. The molecule has 1 saturated heterocycles. The largest absolute Gasteiger partial charge is 0.372 e. The van der Waals surface area contributed by atoms with E-state index in [0.717, 1.165) is 31.7 Å². The number of nitrogens with two attached hydrogens (primary N) is 1. The van der Waals surface area contributed by atoms with Gasteiger partial charge in [0, 0.05) is 26.6 Å². The summed E-state index contributed by atoms with van der Waals surface area (Å²) in [4.78, 5) is 17.5. The number of hydrogen-bond donors (Lipinski definition) is 2. The van der Waals surface area contributed by atoms with Crippen molar-refractivity contribution in [2.45, 2.75) is 19.3 Å². The van der Waals surface area contributed by atoms with Crippen molar-refractivity contribution < 1.29 is 4.79 Å². The lowest BCUT2D eigenvalue weighted by molar-refractivity contribution is -0.119. The number of aromatic nitrogens is 1. The molecule has 110 valence electrons. The maximum absolute atomic E-state index is 10.9. The highest BCUT2D eigenvalue weighted by Gasteiger charge is 2.23. The van der Waals surface area contributed by atoms with E-state index < -0.39 is 0 Å². The Kier molecular flexibility index (Phi) is 4.94. The van der Waals surface area contributed by atoms with Crippen LogP contribution in [0.15, 0.2) is 6.07 Å². The number of piperidine rings is 1. The van der Waals surface area contributed by atoms with Crippen molar-refractivity contribution in [1.29, 1.82) is 0 Å². The average molecular weight is 317 g/mol. The second kappa shape index (κ2) is 6.50. The van der Waals surface area contributed by atoms with Crippen molar-refractivity contribution in [2.75, 3.05) is 30.4 Å². The molecule has 0 unspecified atom stereocenters. The Morgan fingerprint density at radius 1 is 1.45 bits per heavy atom. The van der Waals surface area contributed by atoms with Crippen molar-refractivity contribution in [3.63, 3.8) is 0 Å².